The van der Waals surface area contributed by atoms with Crippen molar-refractivity contribution in [3.05, 3.63) is 61.8 Å². The van der Waals surface area contributed by atoms with Crippen molar-refractivity contribution in [2.24, 2.45) is 0 Å². The number of benzene rings is 1. The molecule has 6 heteroatoms. The maximum absolute atomic E-state index is 12.0. The van der Waals surface area contributed by atoms with Gasteiger partial charge in [-0.05, 0) is 25.1 Å². The molecule has 0 unspecified atom stereocenters. The van der Waals surface area contributed by atoms with Crippen molar-refractivity contribution in [2.45, 2.75) is 20.0 Å². The van der Waals surface area contributed by atoms with Crippen LogP contribution in [0.3, 0.4) is 0 Å². The van der Waals surface area contributed by atoms with Crippen LogP contribution in [0, 0.1) is 0 Å². The van der Waals surface area contributed by atoms with Crippen molar-refractivity contribution in [2.75, 3.05) is 11.9 Å². The number of aryl methyl sites for hydroxylation is 1. The summed E-state index contributed by atoms with van der Waals surface area (Å²) in [4.78, 5) is 23.7. The van der Waals surface area contributed by atoms with Crippen molar-refractivity contribution in [3.63, 3.8) is 0 Å². The fourth-order valence-corrected chi connectivity index (χ4v) is 2.31. The van der Waals surface area contributed by atoms with Crippen LogP contribution >= 0.6 is 15.9 Å². The number of nitrogens with one attached hydrogen (secondary N) is 1. The number of hydrogen-bond acceptors (Lipinski definition) is 3. The molecule has 0 spiro atoms. The number of hydrogen-bond donors (Lipinski definition) is 1. The fourth-order valence-electron chi connectivity index (χ4n) is 1.91. The molecule has 0 fully saturated rings. The third kappa shape index (κ3) is 3.39. The molecule has 0 aliphatic rings. The summed E-state index contributed by atoms with van der Waals surface area (Å²) < 4.78 is 3.74. The predicted molar refractivity (Wildman–Crippen MR) is 83.3 cm³/mol. The van der Waals surface area contributed by atoms with Gasteiger partial charge in [-0.15, -0.1) is 0 Å². The molecule has 0 amide bonds. The van der Waals surface area contributed by atoms with Crippen molar-refractivity contribution in [3.8, 4) is 0 Å². The van der Waals surface area contributed by atoms with E-state index in [1.807, 2.05) is 31.2 Å². The molecular weight excluding hydrogens is 322 g/mol. The summed E-state index contributed by atoms with van der Waals surface area (Å²) in [5.74, 6) is 0. The van der Waals surface area contributed by atoms with Gasteiger partial charge in [-0.2, -0.15) is 0 Å². The molecule has 1 heterocycles. The molecule has 0 saturated carbocycles. The van der Waals surface area contributed by atoms with Gasteiger partial charge < -0.3 is 9.88 Å². The van der Waals surface area contributed by atoms with E-state index in [4.69, 9.17) is 0 Å². The monoisotopic (exact) mass is 337 g/mol. The normalized spacial score (nSPS) is 10.5. The molecule has 0 saturated heterocycles. The Kier molecular flexibility index (Phi) is 4.79. The lowest BCUT2D eigenvalue weighted by Gasteiger charge is -2.10. The van der Waals surface area contributed by atoms with Gasteiger partial charge in [0.05, 0.1) is 0 Å². The Morgan fingerprint density at radius 3 is 2.75 bits per heavy atom. The summed E-state index contributed by atoms with van der Waals surface area (Å²) in [6, 6.07) is 9.16. The van der Waals surface area contributed by atoms with Crippen molar-refractivity contribution in [1.29, 1.82) is 0 Å². The van der Waals surface area contributed by atoms with E-state index < -0.39 is 0 Å². The van der Waals surface area contributed by atoms with Crippen LogP contribution in [0.1, 0.15) is 6.92 Å². The van der Waals surface area contributed by atoms with Crippen LogP contribution in [0.25, 0.3) is 0 Å². The molecule has 0 radical (unpaired) electrons. The van der Waals surface area contributed by atoms with E-state index in [-0.39, 0.29) is 11.2 Å². The van der Waals surface area contributed by atoms with Gasteiger partial charge in [-0.25, -0.2) is 4.79 Å². The topological polar surface area (TPSA) is 56.0 Å². The van der Waals surface area contributed by atoms with Crippen LogP contribution in [-0.4, -0.2) is 15.7 Å². The van der Waals surface area contributed by atoms with E-state index in [1.54, 1.807) is 0 Å². The molecule has 1 N–H and O–H groups in total. The lowest BCUT2D eigenvalue weighted by atomic mass is 10.3. The number of aromatic nitrogens is 2. The molecule has 0 atom stereocenters. The van der Waals surface area contributed by atoms with Gasteiger partial charge in [-0.3, -0.25) is 9.36 Å². The lowest BCUT2D eigenvalue weighted by Crippen LogP contribution is -2.40. The van der Waals surface area contributed by atoms with Crippen LogP contribution in [-0.2, 0) is 13.1 Å². The number of rotatable bonds is 5. The third-order valence-electron chi connectivity index (χ3n) is 2.97. The smallest absolute Gasteiger partial charge is 0.331 e. The van der Waals surface area contributed by atoms with Gasteiger partial charge in [0.15, 0.2) is 0 Å². The number of nitrogens with zero attached hydrogens (tertiary/aromatic N) is 2. The van der Waals surface area contributed by atoms with Crippen LogP contribution in [0.2, 0.25) is 0 Å². The van der Waals surface area contributed by atoms with Crippen LogP contribution in [0.5, 0.6) is 0 Å². The van der Waals surface area contributed by atoms with E-state index in [0.717, 1.165) is 10.2 Å². The summed E-state index contributed by atoms with van der Waals surface area (Å²) in [5, 5.41) is 3.19. The van der Waals surface area contributed by atoms with Gasteiger partial charge >= 0.3 is 5.69 Å². The largest absolute Gasteiger partial charge is 0.383 e. The van der Waals surface area contributed by atoms with Crippen molar-refractivity contribution >= 4 is 21.6 Å². The summed E-state index contributed by atoms with van der Waals surface area (Å²) in [6.45, 7) is 3.28. The second-order valence-corrected chi connectivity index (χ2v) is 5.23. The molecule has 5 nitrogen and oxygen atoms in total. The summed E-state index contributed by atoms with van der Waals surface area (Å²) in [6.07, 6.45) is 1.53. The molecule has 20 heavy (non-hydrogen) atoms. The van der Waals surface area contributed by atoms with Crippen molar-refractivity contribution < 1.29 is 0 Å². The summed E-state index contributed by atoms with van der Waals surface area (Å²) in [7, 11) is 0. The Bertz CT molecular complexity index is 706. The predicted octanol–water partition coefficient (Wildman–Crippen LogP) is 1.90. The molecule has 0 aliphatic carbocycles. The zero-order valence-corrected chi connectivity index (χ0v) is 12.8. The molecule has 0 bridgehead atoms. The second-order valence-electron chi connectivity index (χ2n) is 4.31. The highest BCUT2D eigenvalue weighted by molar-refractivity contribution is 9.10. The number of anilines is 1. The highest BCUT2D eigenvalue weighted by atomic mass is 79.9. The van der Waals surface area contributed by atoms with Crippen molar-refractivity contribution in [1.82, 2.24) is 9.13 Å². The Labute approximate surface area is 125 Å². The Balaban J connectivity index is 2.08. The molecule has 2 rings (SSSR count). The second kappa shape index (κ2) is 6.56. The van der Waals surface area contributed by atoms with Gasteiger partial charge in [0.1, 0.15) is 0 Å². The Morgan fingerprint density at radius 1 is 1.25 bits per heavy atom. The molecule has 106 valence electrons. The van der Waals surface area contributed by atoms with E-state index in [2.05, 4.69) is 21.2 Å². The van der Waals surface area contributed by atoms with E-state index >= 15 is 0 Å². The first-order chi connectivity index (χ1) is 9.61. The molecule has 0 aliphatic heterocycles. The van der Waals surface area contributed by atoms with Gasteiger partial charge in [0.25, 0.3) is 5.56 Å². The van der Waals surface area contributed by atoms with Gasteiger partial charge in [-0.1, -0.05) is 22.0 Å². The molecule has 2 aromatic rings. The lowest BCUT2D eigenvalue weighted by molar-refractivity contribution is 0.577. The van der Waals surface area contributed by atoms with E-state index in [1.165, 1.54) is 21.4 Å². The minimum atomic E-state index is -0.268. The maximum Gasteiger partial charge on any atom is 0.331 e. The molecule has 1 aromatic heterocycles. The quantitative estimate of drug-likeness (QED) is 0.906. The average molecular weight is 338 g/mol. The summed E-state index contributed by atoms with van der Waals surface area (Å²) in [5.41, 5.74) is 0.408. The van der Waals surface area contributed by atoms with Crippen LogP contribution < -0.4 is 16.6 Å². The Hall–Kier alpha value is -1.82. The fraction of sp³-hybridized carbons (Fsp3) is 0.286. The van der Waals surface area contributed by atoms with E-state index in [0.29, 0.717) is 19.6 Å². The van der Waals surface area contributed by atoms with E-state index in [9.17, 15) is 9.59 Å². The first-order valence-electron chi connectivity index (χ1n) is 6.41. The minimum absolute atomic E-state index is 0.268. The average Bonchev–Trinajstić information content (AvgIpc) is 2.43. The molecule has 1 aromatic carbocycles. The highest BCUT2D eigenvalue weighted by Gasteiger charge is 2.03. The Morgan fingerprint density at radius 2 is 2.05 bits per heavy atom. The summed E-state index contributed by atoms with van der Waals surface area (Å²) >= 11 is 3.39. The van der Waals surface area contributed by atoms with Crippen LogP contribution in [0.4, 0.5) is 5.69 Å². The highest BCUT2D eigenvalue weighted by Crippen LogP contribution is 2.15. The standard InChI is InChI=1S/C14H16BrN3O2/c1-2-17-8-6-13(19)18(14(17)20)9-7-16-12-5-3-4-11(15)10-12/h3-6,8,10,16H,2,7,9H2,1H3. The first-order valence-corrected chi connectivity index (χ1v) is 7.21. The minimum Gasteiger partial charge on any atom is -0.383 e. The zero-order valence-electron chi connectivity index (χ0n) is 11.2. The molecular formula is C14H16BrN3O2. The van der Waals surface area contributed by atoms with Gasteiger partial charge in [0, 0.05) is 42.1 Å². The first kappa shape index (κ1) is 14.6. The third-order valence-corrected chi connectivity index (χ3v) is 3.46. The SMILES string of the molecule is CCn1ccc(=O)n(CCNc2cccc(Br)c2)c1=O. The van der Waals surface area contributed by atoms with Gasteiger partial charge in [0.2, 0.25) is 0 Å². The maximum atomic E-state index is 12.0. The number of halogens is 1. The zero-order chi connectivity index (χ0) is 14.5. The van der Waals surface area contributed by atoms with Crippen LogP contribution in [0.15, 0.2) is 50.6 Å².